The molecule has 0 atom stereocenters. The van der Waals surface area contributed by atoms with Gasteiger partial charge in [0.15, 0.2) is 5.65 Å². The van der Waals surface area contributed by atoms with Crippen molar-refractivity contribution < 1.29 is 4.79 Å². The molecule has 0 unspecified atom stereocenters. The minimum atomic E-state index is -0.0338. The topological polar surface area (TPSA) is 59.8 Å². The number of nitrogens with zero attached hydrogens (tertiary/aromatic N) is 3. The normalized spacial score (nSPS) is 15.1. The summed E-state index contributed by atoms with van der Waals surface area (Å²) in [6, 6.07) is 12.1. The second kappa shape index (κ2) is 7.91. The van der Waals surface area contributed by atoms with Crippen LogP contribution in [0.1, 0.15) is 59.9 Å². The summed E-state index contributed by atoms with van der Waals surface area (Å²) in [4.78, 5) is 21.8. The Labute approximate surface area is 159 Å². The van der Waals surface area contributed by atoms with Crippen LogP contribution in [-0.2, 0) is 6.42 Å². The number of carbonyl (C=O) groups excluding carboxylic acids is 1. The fraction of sp³-hybridized carbons (Fsp3) is 0.409. The van der Waals surface area contributed by atoms with Gasteiger partial charge in [0.25, 0.3) is 5.91 Å². The summed E-state index contributed by atoms with van der Waals surface area (Å²) in [5, 5.41) is 3.03. The summed E-state index contributed by atoms with van der Waals surface area (Å²) in [6.07, 6.45) is 8.77. The summed E-state index contributed by atoms with van der Waals surface area (Å²) in [5.74, 6) is 0.994. The predicted molar refractivity (Wildman–Crippen MR) is 107 cm³/mol. The van der Waals surface area contributed by atoms with Crippen molar-refractivity contribution in [2.24, 2.45) is 0 Å². The molecule has 1 N–H and O–H groups in total. The minimum absolute atomic E-state index is 0.0338. The van der Waals surface area contributed by atoms with Crippen molar-refractivity contribution in [1.29, 1.82) is 0 Å². The van der Waals surface area contributed by atoms with Crippen molar-refractivity contribution in [3.8, 4) is 0 Å². The fourth-order valence-corrected chi connectivity index (χ4v) is 3.97. The first-order valence-corrected chi connectivity index (χ1v) is 9.89. The van der Waals surface area contributed by atoms with Crippen molar-refractivity contribution in [2.45, 2.75) is 51.5 Å². The van der Waals surface area contributed by atoms with E-state index in [1.54, 1.807) is 0 Å². The number of fused-ring (bicyclic) bond motifs is 1. The fourth-order valence-electron chi connectivity index (χ4n) is 3.97. The van der Waals surface area contributed by atoms with Crippen LogP contribution >= 0.6 is 0 Å². The number of amides is 1. The maximum Gasteiger partial charge on any atom is 0.251 e. The molecule has 0 radical (unpaired) electrons. The second-order valence-electron chi connectivity index (χ2n) is 7.41. The van der Waals surface area contributed by atoms with Crippen LogP contribution in [0, 0.1) is 6.92 Å². The van der Waals surface area contributed by atoms with Crippen LogP contribution in [-0.4, -0.2) is 27.0 Å². The second-order valence-corrected chi connectivity index (χ2v) is 7.41. The Hall–Kier alpha value is -2.69. The summed E-state index contributed by atoms with van der Waals surface area (Å²) in [6.45, 7) is 2.59. The van der Waals surface area contributed by atoms with Gasteiger partial charge in [-0.3, -0.25) is 4.79 Å². The smallest absolute Gasteiger partial charge is 0.251 e. The maximum absolute atomic E-state index is 12.4. The van der Waals surface area contributed by atoms with Crippen LogP contribution in [0.15, 0.2) is 42.6 Å². The number of aromatic nitrogens is 3. The first kappa shape index (κ1) is 17.7. The molecule has 0 bridgehead atoms. The van der Waals surface area contributed by atoms with Crippen molar-refractivity contribution in [2.75, 3.05) is 6.54 Å². The Bertz CT molecular complexity index is 923. The van der Waals surface area contributed by atoms with Gasteiger partial charge in [-0.05, 0) is 44.0 Å². The van der Waals surface area contributed by atoms with E-state index in [0.717, 1.165) is 22.6 Å². The highest BCUT2D eigenvalue weighted by Crippen LogP contribution is 2.31. The maximum atomic E-state index is 12.4. The molecule has 4 rings (SSSR count). The lowest BCUT2D eigenvalue weighted by Crippen LogP contribution is -2.27. The number of nitrogens with one attached hydrogen (secondary N) is 1. The largest absolute Gasteiger partial charge is 0.352 e. The van der Waals surface area contributed by atoms with E-state index in [1.165, 1.54) is 32.1 Å². The molecule has 1 saturated carbocycles. The molecule has 0 spiro atoms. The zero-order chi connectivity index (χ0) is 18.6. The lowest BCUT2D eigenvalue weighted by molar-refractivity contribution is 0.0954. The zero-order valence-corrected chi connectivity index (χ0v) is 15.8. The molecule has 1 aromatic carbocycles. The number of imidazole rings is 1. The van der Waals surface area contributed by atoms with Gasteiger partial charge in [0.1, 0.15) is 11.3 Å². The molecular weight excluding hydrogens is 336 g/mol. The molecule has 2 heterocycles. The number of hydrogen-bond donors (Lipinski definition) is 1. The monoisotopic (exact) mass is 362 g/mol. The molecule has 140 valence electrons. The van der Waals surface area contributed by atoms with Gasteiger partial charge in [-0.1, -0.05) is 37.0 Å². The molecule has 0 saturated heterocycles. The van der Waals surface area contributed by atoms with Gasteiger partial charge in [0.2, 0.25) is 0 Å². The number of hydrogen-bond acceptors (Lipinski definition) is 3. The summed E-state index contributed by atoms with van der Waals surface area (Å²) in [7, 11) is 0. The molecule has 1 amide bonds. The first-order valence-electron chi connectivity index (χ1n) is 9.89. The number of benzene rings is 1. The van der Waals surface area contributed by atoms with Gasteiger partial charge >= 0.3 is 0 Å². The van der Waals surface area contributed by atoms with Gasteiger partial charge in [0, 0.05) is 30.8 Å². The van der Waals surface area contributed by atoms with Crippen molar-refractivity contribution in [3.05, 3.63) is 59.5 Å². The molecular formula is C22H26N4O. The lowest BCUT2D eigenvalue weighted by Gasteiger charge is -2.25. The van der Waals surface area contributed by atoms with Crippen molar-refractivity contribution >= 4 is 17.1 Å². The number of pyridine rings is 1. The quantitative estimate of drug-likeness (QED) is 0.739. The van der Waals surface area contributed by atoms with E-state index in [9.17, 15) is 4.79 Å². The Morgan fingerprint density at radius 2 is 1.93 bits per heavy atom. The van der Waals surface area contributed by atoms with E-state index >= 15 is 0 Å². The van der Waals surface area contributed by atoms with Gasteiger partial charge in [0.05, 0.1) is 0 Å². The number of rotatable bonds is 5. The molecule has 1 aliphatic rings. The third-order valence-electron chi connectivity index (χ3n) is 5.41. The highest BCUT2D eigenvalue weighted by Gasteiger charge is 2.22. The Balaban J connectivity index is 1.49. The highest BCUT2D eigenvalue weighted by atomic mass is 16.1. The third-order valence-corrected chi connectivity index (χ3v) is 5.41. The Kier molecular flexibility index (Phi) is 5.19. The average molecular weight is 362 g/mol. The van der Waals surface area contributed by atoms with E-state index in [0.29, 0.717) is 24.6 Å². The average Bonchev–Trinajstić information content (AvgIpc) is 3.07. The van der Waals surface area contributed by atoms with Crippen LogP contribution < -0.4 is 5.32 Å². The first-order chi connectivity index (χ1) is 13.2. The van der Waals surface area contributed by atoms with Crippen LogP contribution in [0.25, 0.3) is 11.2 Å². The Morgan fingerprint density at radius 1 is 1.15 bits per heavy atom. The van der Waals surface area contributed by atoms with E-state index in [-0.39, 0.29) is 5.91 Å². The molecule has 3 aromatic rings. The minimum Gasteiger partial charge on any atom is -0.352 e. The molecule has 2 aromatic heterocycles. The van der Waals surface area contributed by atoms with E-state index in [4.69, 9.17) is 4.98 Å². The van der Waals surface area contributed by atoms with Gasteiger partial charge in [-0.2, -0.15) is 0 Å². The molecule has 1 aliphatic carbocycles. The van der Waals surface area contributed by atoms with Crippen molar-refractivity contribution in [3.63, 3.8) is 0 Å². The van der Waals surface area contributed by atoms with E-state index in [1.807, 2.05) is 49.5 Å². The molecule has 5 heteroatoms. The molecule has 27 heavy (non-hydrogen) atoms. The van der Waals surface area contributed by atoms with Crippen LogP contribution in [0.3, 0.4) is 0 Å². The van der Waals surface area contributed by atoms with Crippen molar-refractivity contribution in [1.82, 2.24) is 19.9 Å². The number of carbonyl (C=O) groups is 1. The van der Waals surface area contributed by atoms with E-state index in [2.05, 4.69) is 14.9 Å². The van der Waals surface area contributed by atoms with Crippen LogP contribution in [0.5, 0.6) is 0 Å². The van der Waals surface area contributed by atoms with E-state index < -0.39 is 0 Å². The third kappa shape index (κ3) is 3.87. The SMILES string of the molecule is Cc1ccc(C(=O)NCCc2nc3cccnc3n2C2CCCCC2)cc1. The van der Waals surface area contributed by atoms with Crippen LogP contribution in [0.4, 0.5) is 0 Å². The summed E-state index contributed by atoms with van der Waals surface area (Å²) < 4.78 is 2.33. The highest BCUT2D eigenvalue weighted by molar-refractivity contribution is 5.94. The summed E-state index contributed by atoms with van der Waals surface area (Å²) in [5.41, 5.74) is 3.77. The van der Waals surface area contributed by atoms with Gasteiger partial charge < -0.3 is 9.88 Å². The predicted octanol–water partition coefficient (Wildman–Crippen LogP) is 4.22. The lowest BCUT2D eigenvalue weighted by atomic mass is 9.95. The zero-order valence-electron chi connectivity index (χ0n) is 15.8. The van der Waals surface area contributed by atoms with Gasteiger partial charge in [-0.15, -0.1) is 0 Å². The molecule has 1 fully saturated rings. The molecule has 0 aliphatic heterocycles. The summed E-state index contributed by atoms with van der Waals surface area (Å²) >= 11 is 0. The van der Waals surface area contributed by atoms with Gasteiger partial charge in [-0.25, -0.2) is 9.97 Å². The van der Waals surface area contributed by atoms with Crippen LogP contribution in [0.2, 0.25) is 0 Å². The Morgan fingerprint density at radius 3 is 2.70 bits per heavy atom. The standard InChI is InChI=1S/C22H26N4O/c1-16-9-11-17(12-10-16)22(27)24-15-13-20-25-19-8-5-14-23-21(19)26(20)18-6-3-2-4-7-18/h5,8-12,14,18H,2-4,6-7,13,15H2,1H3,(H,24,27). The molecule has 5 nitrogen and oxygen atoms in total. The number of aryl methyl sites for hydroxylation is 1.